The number of alkyl halides is 2. The summed E-state index contributed by atoms with van der Waals surface area (Å²) < 4.78 is -0.444. The average Bonchev–Trinajstić information content (AvgIpc) is 2.28. The number of rotatable bonds is 0. The molecule has 1 aliphatic heterocycles. The summed E-state index contributed by atoms with van der Waals surface area (Å²) in [4.78, 5) is 15.6. The van der Waals surface area contributed by atoms with Crippen LogP contribution in [0.1, 0.15) is 5.69 Å². The largest absolute Gasteiger partial charge is 0.322 e. The van der Waals surface area contributed by atoms with Crippen LogP contribution in [0.2, 0.25) is 5.02 Å². The highest BCUT2D eigenvalue weighted by molar-refractivity contribution is 9.25. The van der Waals surface area contributed by atoms with Gasteiger partial charge < -0.3 is 5.32 Å². The Kier molecular flexibility index (Phi) is 2.66. The van der Waals surface area contributed by atoms with E-state index in [2.05, 4.69) is 58.1 Å². The zero-order valence-electron chi connectivity index (χ0n) is 6.44. The minimum atomic E-state index is -0.956. The van der Waals surface area contributed by atoms with Crippen LogP contribution >= 0.6 is 59.4 Å². The predicted molar refractivity (Wildman–Crippen MR) is 65.1 cm³/mol. The van der Waals surface area contributed by atoms with Crippen molar-refractivity contribution in [3.05, 3.63) is 21.4 Å². The van der Waals surface area contributed by atoms with E-state index in [4.69, 9.17) is 11.6 Å². The van der Waals surface area contributed by atoms with Gasteiger partial charge in [0, 0.05) is 0 Å². The molecule has 7 heteroatoms. The molecule has 14 heavy (non-hydrogen) atoms. The van der Waals surface area contributed by atoms with Gasteiger partial charge in [-0.15, -0.1) is 0 Å². The summed E-state index contributed by atoms with van der Waals surface area (Å²) in [6.45, 7) is 0. The van der Waals surface area contributed by atoms with E-state index >= 15 is 0 Å². The van der Waals surface area contributed by atoms with E-state index in [9.17, 15) is 4.79 Å². The number of hydrogen-bond acceptors (Lipinski definition) is 2. The highest BCUT2D eigenvalue weighted by atomic mass is 79.9. The van der Waals surface area contributed by atoms with Gasteiger partial charge in [-0.3, -0.25) is 4.79 Å². The molecule has 0 saturated heterocycles. The van der Waals surface area contributed by atoms with Crippen LogP contribution in [0.5, 0.6) is 0 Å². The first-order chi connectivity index (χ1) is 6.43. The number of amides is 1. The Morgan fingerprint density at radius 2 is 2.14 bits per heavy atom. The third kappa shape index (κ3) is 1.52. The third-order valence-electron chi connectivity index (χ3n) is 1.76. The normalized spacial score (nSPS) is 17.9. The number of anilines is 1. The maximum atomic E-state index is 11.5. The number of carbonyl (C=O) groups excluding carboxylic acids is 1. The second-order valence-electron chi connectivity index (χ2n) is 2.69. The monoisotopic (exact) mass is 402 g/mol. The van der Waals surface area contributed by atoms with E-state index in [1.807, 2.05) is 0 Å². The SMILES string of the molecule is O=C1Nc2cc(Cl)c(Br)nc2C1(Br)Br. The summed E-state index contributed by atoms with van der Waals surface area (Å²) in [7, 11) is 0. The molecule has 0 aliphatic carbocycles. The number of nitrogens with one attached hydrogen (secondary N) is 1. The van der Waals surface area contributed by atoms with Crippen LogP contribution in [0, 0.1) is 0 Å². The quantitative estimate of drug-likeness (QED) is 0.531. The van der Waals surface area contributed by atoms with Gasteiger partial charge in [0.25, 0.3) is 5.91 Å². The molecule has 2 rings (SSSR count). The smallest absolute Gasteiger partial charge is 0.258 e. The molecule has 3 nitrogen and oxygen atoms in total. The van der Waals surface area contributed by atoms with Crippen molar-refractivity contribution in [2.24, 2.45) is 0 Å². The summed E-state index contributed by atoms with van der Waals surface area (Å²) in [5.74, 6) is -0.214. The van der Waals surface area contributed by atoms with Gasteiger partial charge in [-0.1, -0.05) is 43.5 Å². The zero-order chi connectivity index (χ0) is 10.5. The molecule has 0 unspecified atom stereocenters. The van der Waals surface area contributed by atoms with Gasteiger partial charge in [-0.05, 0) is 22.0 Å². The van der Waals surface area contributed by atoms with E-state index in [-0.39, 0.29) is 5.91 Å². The van der Waals surface area contributed by atoms with Crippen molar-refractivity contribution in [3.8, 4) is 0 Å². The molecule has 0 spiro atoms. The summed E-state index contributed by atoms with van der Waals surface area (Å²) in [6, 6.07) is 1.65. The Morgan fingerprint density at radius 1 is 1.50 bits per heavy atom. The second kappa shape index (κ2) is 3.43. The standard InChI is InChI=1S/C7H2Br3ClN2O/c8-5-2(11)1-3-4(13-5)7(9,10)6(14)12-3/h1H,(H,12,14). The zero-order valence-corrected chi connectivity index (χ0v) is 12.0. The summed E-state index contributed by atoms with van der Waals surface area (Å²) in [6.07, 6.45) is 0. The molecular weight excluding hydrogens is 403 g/mol. The lowest BCUT2D eigenvalue weighted by Gasteiger charge is -2.09. The number of aromatic nitrogens is 1. The van der Waals surface area contributed by atoms with Crippen molar-refractivity contribution in [3.63, 3.8) is 0 Å². The maximum Gasteiger partial charge on any atom is 0.258 e. The Balaban J connectivity index is 2.67. The number of halogens is 4. The minimum absolute atomic E-state index is 0.214. The first-order valence-corrected chi connectivity index (χ1v) is 6.24. The van der Waals surface area contributed by atoms with Crippen LogP contribution in [0.4, 0.5) is 5.69 Å². The maximum absolute atomic E-state index is 11.5. The van der Waals surface area contributed by atoms with Crippen LogP contribution in [-0.4, -0.2) is 10.9 Å². The van der Waals surface area contributed by atoms with Crippen LogP contribution in [-0.2, 0) is 8.03 Å². The summed E-state index contributed by atoms with van der Waals surface area (Å²) in [5, 5.41) is 3.12. The minimum Gasteiger partial charge on any atom is -0.322 e. The van der Waals surface area contributed by atoms with E-state index in [1.54, 1.807) is 6.07 Å². The Bertz CT molecular complexity index is 435. The fourth-order valence-electron chi connectivity index (χ4n) is 1.11. The molecule has 0 bridgehead atoms. The topological polar surface area (TPSA) is 42.0 Å². The molecule has 74 valence electrons. The van der Waals surface area contributed by atoms with Gasteiger partial charge in [0.15, 0.2) is 0 Å². The van der Waals surface area contributed by atoms with Crippen LogP contribution in [0.15, 0.2) is 10.7 Å². The van der Waals surface area contributed by atoms with E-state index in [1.165, 1.54) is 0 Å². The van der Waals surface area contributed by atoms with E-state index < -0.39 is 3.23 Å². The molecule has 0 atom stereocenters. The van der Waals surface area contributed by atoms with Crippen molar-refractivity contribution in [1.82, 2.24) is 4.98 Å². The van der Waals surface area contributed by atoms with Crippen molar-refractivity contribution in [2.75, 3.05) is 5.32 Å². The third-order valence-corrected chi connectivity index (χ3v) is 4.36. The van der Waals surface area contributed by atoms with Gasteiger partial charge in [0.1, 0.15) is 10.3 Å². The molecule has 1 amide bonds. The molecule has 0 radical (unpaired) electrons. The molecule has 0 aromatic carbocycles. The average molecular weight is 405 g/mol. The fourth-order valence-corrected chi connectivity index (χ4v) is 2.36. The molecule has 1 aromatic rings. The number of pyridine rings is 1. The Hall–Kier alpha value is 0.350. The van der Waals surface area contributed by atoms with Crippen molar-refractivity contribution in [1.29, 1.82) is 0 Å². The van der Waals surface area contributed by atoms with Crippen molar-refractivity contribution >= 4 is 71.0 Å². The number of nitrogens with zero attached hydrogens (tertiary/aromatic N) is 1. The number of carbonyl (C=O) groups is 1. The number of hydrogen-bond donors (Lipinski definition) is 1. The summed E-state index contributed by atoms with van der Waals surface area (Å²) in [5.41, 5.74) is 1.18. The van der Waals surface area contributed by atoms with Crippen LogP contribution in [0.3, 0.4) is 0 Å². The molecule has 2 heterocycles. The first kappa shape index (κ1) is 10.9. The first-order valence-electron chi connectivity index (χ1n) is 3.48. The lowest BCUT2D eigenvalue weighted by molar-refractivity contribution is -0.115. The molecule has 1 aromatic heterocycles. The van der Waals surface area contributed by atoms with Crippen molar-refractivity contribution in [2.45, 2.75) is 3.23 Å². The van der Waals surface area contributed by atoms with Crippen LogP contribution in [0.25, 0.3) is 0 Å². The fraction of sp³-hybridized carbons (Fsp3) is 0.143. The Labute approximate surface area is 110 Å². The van der Waals surface area contributed by atoms with Gasteiger partial charge in [-0.2, -0.15) is 0 Å². The molecule has 0 saturated carbocycles. The van der Waals surface area contributed by atoms with E-state index in [0.717, 1.165) is 0 Å². The summed E-state index contributed by atoms with van der Waals surface area (Å²) >= 11 is 15.5. The molecule has 1 N–H and O–H groups in total. The Morgan fingerprint density at radius 3 is 2.79 bits per heavy atom. The van der Waals surface area contributed by atoms with Crippen molar-refractivity contribution < 1.29 is 4.79 Å². The second-order valence-corrected chi connectivity index (χ2v) is 7.29. The highest BCUT2D eigenvalue weighted by Gasteiger charge is 2.44. The van der Waals surface area contributed by atoms with Gasteiger partial charge >= 0.3 is 0 Å². The highest BCUT2D eigenvalue weighted by Crippen LogP contribution is 2.47. The van der Waals surface area contributed by atoms with Crippen LogP contribution < -0.4 is 5.32 Å². The van der Waals surface area contributed by atoms with E-state index in [0.29, 0.717) is 21.0 Å². The predicted octanol–water partition coefficient (Wildman–Crippen LogP) is 3.39. The molecular formula is C7H2Br3ClN2O. The van der Waals surface area contributed by atoms with Gasteiger partial charge in [0.05, 0.1) is 10.7 Å². The number of fused-ring (bicyclic) bond motifs is 1. The van der Waals surface area contributed by atoms with Gasteiger partial charge in [0.2, 0.25) is 3.23 Å². The lowest BCUT2D eigenvalue weighted by atomic mass is 10.3. The lowest BCUT2D eigenvalue weighted by Crippen LogP contribution is -2.20. The molecule has 0 fully saturated rings. The van der Waals surface area contributed by atoms with Gasteiger partial charge in [-0.25, -0.2) is 4.98 Å². The molecule has 1 aliphatic rings.